The lowest BCUT2D eigenvalue weighted by Gasteiger charge is -2.12. The fourth-order valence-corrected chi connectivity index (χ4v) is 3.44. The standard InChI is InChI=1S/C20H21N3O3S/c1-23-19(15-8-4-3-5-9-15)21-22-20(23)27-13-7-12-26-18-16(14-24)10-6-11-17(18)25-2/h3-6,8-11,14H,7,12-13H2,1-2H3. The molecule has 0 aliphatic heterocycles. The molecule has 2 aromatic carbocycles. The highest BCUT2D eigenvalue weighted by atomic mass is 32.2. The van der Waals surface area contributed by atoms with Crippen LogP contribution in [0.5, 0.6) is 11.5 Å². The van der Waals surface area contributed by atoms with Crippen molar-refractivity contribution in [1.82, 2.24) is 14.8 Å². The zero-order chi connectivity index (χ0) is 19.1. The number of aldehydes is 1. The van der Waals surface area contributed by atoms with E-state index in [2.05, 4.69) is 10.2 Å². The van der Waals surface area contributed by atoms with E-state index >= 15 is 0 Å². The first-order valence-electron chi connectivity index (χ1n) is 8.57. The van der Waals surface area contributed by atoms with Crippen molar-refractivity contribution >= 4 is 18.0 Å². The van der Waals surface area contributed by atoms with E-state index in [9.17, 15) is 4.79 Å². The first-order valence-corrected chi connectivity index (χ1v) is 9.55. The molecule has 0 saturated heterocycles. The lowest BCUT2D eigenvalue weighted by Crippen LogP contribution is -2.03. The van der Waals surface area contributed by atoms with Crippen LogP contribution in [0.25, 0.3) is 11.4 Å². The van der Waals surface area contributed by atoms with Crippen LogP contribution in [-0.4, -0.2) is 40.5 Å². The Morgan fingerprint density at radius 1 is 1.11 bits per heavy atom. The summed E-state index contributed by atoms with van der Waals surface area (Å²) in [5, 5.41) is 9.42. The summed E-state index contributed by atoms with van der Waals surface area (Å²) in [4.78, 5) is 11.2. The Kier molecular flexibility index (Phi) is 6.49. The summed E-state index contributed by atoms with van der Waals surface area (Å²) in [5.74, 6) is 2.73. The van der Waals surface area contributed by atoms with Gasteiger partial charge in [-0.3, -0.25) is 4.79 Å². The van der Waals surface area contributed by atoms with Gasteiger partial charge in [0.1, 0.15) is 0 Å². The molecule has 6 nitrogen and oxygen atoms in total. The minimum absolute atomic E-state index is 0.484. The van der Waals surface area contributed by atoms with Crippen molar-refractivity contribution in [1.29, 1.82) is 0 Å². The summed E-state index contributed by atoms with van der Waals surface area (Å²) in [6.45, 7) is 0.484. The van der Waals surface area contributed by atoms with Crippen molar-refractivity contribution < 1.29 is 14.3 Å². The minimum Gasteiger partial charge on any atom is -0.493 e. The van der Waals surface area contributed by atoms with Crippen LogP contribution in [0.1, 0.15) is 16.8 Å². The quantitative estimate of drug-likeness (QED) is 0.317. The molecule has 1 heterocycles. The Hall–Kier alpha value is -2.80. The predicted octanol–water partition coefficient (Wildman–Crippen LogP) is 3.86. The molecule has 3 aromatic rings. The second kappa shape index (κ2) is 9.23. The average molecular weight is 383 g/mol. The normalized spacial score (nSPS) is 10.6. The van der Waals surface area contributed by atoms with Crippen LogP contribution in [-0.2, 0) is 7.05 Å². The lowest BCUT2D eigenvalue weighted by atomic mass is 10.2. The molecule has 0 saturated carbocycles. The Labute approximate surface area is 162 Å². The fourth-order valence-electron chi connectivity index (χ4n) is 2.62. The number of methoxy groups -OCH3 is 1. The number of ether oxygens (including phenoxy) is 2. The van der Waals surface area contributed by atoms with Crippen molar-refractivity contribution in [2.24, 2.45) is 7.05 Å². The van der Waals surface area contributed by atoms with E-state index in [1.54, 1.807) is 37.1 Å². The number of hydrogen-bond acceptors (Lipinski definition) is 6. The molecule has 27 heavy (non-hydrogen) atoms. The highest BCUT2D eigenvalue weighted by Gasteiger charge is 2.12. The van der Waals surface area contributed by atoms with Crippen LogP contribution in [0.4, 0.5) is 0 Å². The van der Waals surface area contributed by atoms with Gasteiger partial charge in [0.05, 0.1) is 19.3 Å². The molecule has 0 radical (unpaired) electrons. The number of carbonyl (C=O) groups excluding carboxylic acids is 1. The highest BCUT2D eigenvalue weighted by Crippen LogP contribution is 2.30. The van der Waals surface area contributed by atoms with E-state index in [1.807, 2.05) is 41.9 Å². The lowest BCUT2D eigenvalue weighted by molar-refractivity contribution is 0.111. The van der Waals surface area contributed by atoms with Gasteiger partial charge in [0.25, 0.3) is 0 Å². The number of nitrogens with zero attached hydrogens (tertiary/aromatic N) is 3. The van der Waals surface area contributed by atoms with Crippen LogP contribution in [0.3, 0.4) is 0 Å². The molecular formula is C20H21N3O3S. The van der Waals surface area contributed by atoms with Crippen LogP contribution in [0.2, 0.25) is 0 Å². The topological polar surface area (TPSA) is 66.2 Å². The molecule has 7 heteroatoms. The molecule has 1 aromatic heterocycles. The van der Waals surface area contributed by atoms with Gasteiger partial charge in [-0.15, -0.1) is 10.2 Å². The zero-order valence-corrected chi connectivity index (χ0v) is 16.1. The van der Waals surface area contributed by atoms with E-state index in [0.717, 1.165) is 35.0 Å². The van der Waals surface area contributed by atoms with E-state index in [4.69, 9.17) is 9.47 Å². The van der Waals surface area contributed by atoms with Crippen LogP contribution >= 0.6 is 11.8 Å². The van der Waals surface area contributed by atoms with Crippen LogP contribution < -0.4 is 9.47 Å². The van der Waals surface area contributed by atoms with Gasteiger partial charge in [-0.1, -0.05) is 48.2 Å². The molecule has 0 bridgehead atoms. The summed E-state index contributed by atoms with van der Waals surface area (Å²) in [5.41, 5.74) is 1.53. The molecule has 0 spiro atoms. The summed E-state index contributed by atoms with van der Waals surface area (Å²) < 4.78 is 13.0. The Morgan fingerprint density at radius 3 is 2.67 bits per heavy atom. The van der Waals surface area contributed by atoms with Gasteiger partial charge in [0.2, 0.25) is 0 Å². The van der Waals surface area contributed by atoms with Gasteiger partial charge in [0, 0.05) is 18.4 Å². The maximum atomic E-state index is 11.2. The summed E-state index contributed by atoms with van der Waals surface area (Å²) >= 11 is 1.63. The first kappa shape index (κ1) is 19.0. The third-order valence-electron chi connectivity index (χ3n) is 3.99. The van der Waals surface area contributed by atoms with Crippen LogP contribution in [0.15, 0.2) is 53.7 Å². The van der Waals surface area contributed by atoms with Gasteiger partial charge in [-0.05, 0) is 18.6 Å². The van der Waals surface area contributed by atoms with Crippen molar-refractivity contribution in [2.75, 3.05) is 19.5 Å². The smallest absolute Gasteiger partial charge is 0.191 e. The van der Waals surface area contributed by atoms with E-state index in [-0.39, 0.29) is 0 Å². The second-order valence-electron chi connectivity index (χ2n) is 5.78. The van der Waals surface area contributed by atoms with Crippen molar-refractivity contribution in [3.63, 3.8) is 0 Å². The molecule has 0 fully saturated rings. The Bertz CT molecular complexity index is 897. The predicted molar refractivity (Wildman–Crippen MR) is 106 cm³/mol. The van der Waals surface area contributed by atoms with Gasteiger partial charge < -0.3 is 14.0 Å². The highest BCUT2D eigenvalue weighted by molar-refractivity contribution is 7.99. The largest absolute Gasteiger partial charge is 0.493 e. The summed E-state index contributed by atoms with van der Waals surface area (Å²) in [6.07, 6.45) is 1.58. The zero-order valence-electron chi connectivity index (χ0n) is 15.3. The number of aromatic nitrogens is 3. The van der Waals surface area contributed by atoms with Crippen LogP contribution in [0, 0.1) is 0 Å². The first-order chi connectivity index (χ1) is 13.2. The second-order valence-corrected chi connectivity index (χ2v) is 6.84. The summed E-state index contributed by atoms with van der Waals surface area (Å²) in [6, 6.07) is 15.2. The number of carbonyl (C=O) groups is 1. The van der Waals surface area contributed by atoms with E-state index in [0.29, 0.717) is 23.7 Å². The van der Waals surface area contributed by atoms with E-state index < -0.39 is 0 Å². The van der Waals surface area contributed by atoms with Crippen molar-refractivity contribution in [2.45, 2.75) is 11.6 Å². The minimum atomic E-state index is 0.484. The number of para-hydroxylation sites is 1. The number of benzene rings is 2. The number of thioether (sulfide) groups is 1. The molecule has 0 aliphatic carbocycles. The molecule has 3 rings (SSSR count). The monoisotopic (exact) mass is 383 g/mol. The summed E-state index contributed by atoms with van der Waals surface area (Å²) in [7, 11) is 3.53. The average Bonchev–Trinajstić information content (AvgIpc) is 3.08. The van der Waals surface area contributed by atoms with E-state index in [1.165, 1.54) is 0 Å². The Morgan fingerprint density at radius 2 is 1.93 bits per heavy atom. The Balaban J connectivity index is 1.53. The molecule has 0 unspecified atom stereocenters. The maximum Gasteiger partial charge on any atom is 0.191 e. The molecule has 0 amide bonds. The van der Waals surface area contributed by atoms with Gasteiger partial charge in [-0.2, -0.15) is 0 Å². The number of rotatable bonds is 9. The number of hydrogen-bond donors (Lipinski definition) is 0. The molecule has 0 N–H and O–H groups in total. The van der Waals surface area contributed by atoms with Crippen molar-refractivity contribution in [3.8, 4) is 22.9 Å². The molecular weight excluding hydrogens is 362 g/mol. The third-order valence-corrected chi connectivity index (χ3v) is 5.10. The third kappa shape index (κ3) is 4.49. The SMILES string of the molecule is COc1cccc(C=O)c1OCCCSc1nnc(-c2ccccc2)n1C. The van der Waals surface area contributed by atoms with Gasteiger partial charge >= 0.3 is 0 Å². The van der Waals surface area contributed by atoms with Gasteiger partial charge in [-0.25, -0.2) is 0 Å². The maximum absolute atomic E-state index is 11.2. The fraction of sp³-hybridized carbons (Fsp3) is 0.250. The molecule has 0 aliphatic rings. The van der Waals surface area contributed by atoms with Crippen molar-refractivity contribution in [3.05, 3.63) is 54.1 Å². The molecule has 0 atom stereocenters. The molecule has 140 valence electrons. The van der Waals surface area contributed by atoms with Gasteiger partial charge in [0.15, 0.2) is 28.8 Å².